The molecule has 2 N–H and O–H groups in total. The number of anilines is 1. The summed E-state index contributed by atoms with van der Waals surface area (Å²) in [6, 6.07) is 5.18. The lowest BCUT2D eigenvalue weighted by Crippen LogP contribution is -2.45. The molecule has 0 radical (unpaired) electrons. The van der Waals surface area contributed by atoms with Crippen molar-refractivity contribution in [1.82, 2.24) is 23.6 Å². The Kier molecular flexibility index (Phi) is 7.74. The highest BCUT2D eigenvalue weighted by molar-refractivity contribution is 6.11. The summed E-state index contributed by atoms with van der Waals surface area (Å²) >= 11 is 0. The Hall–Kier alpha value is -4.39. The van der Waals surface area contributed by atoms with Gasteiger partial charge >= 0.3 is 5.69 Å². The minimum atomic E-state index is -0.608. The lowest BCUT2D eigenvalue weighted by Gasteiger charge is -2.34. The van der Waals surface area contributed by atoms with E-state index in [9.17, 15) is 19.6 Å². The van der Waals surface area contributed by atoms with Crippen molar-refractivity contribution in [2.75, 3.05) is 44.3 Å². The second kappa shape index (κ2) is 11.4. The average Bonchev–Trinajstić information content (AvgIpc) is 3.32. The van der Waals surface area contributed by atoms with Crippen LogP contribution in [0.15, 0.2) is 27.9 Å². The van der Waals surface area contributed by atoms with Gasteiger partial charge < -0.3 is 24.8 Å². The van der Waals surface area contributed by atoms with E-state index in [0.29, 0.717) is 56.5 Å². The maximum absolute atomic E-state index is 14.2. The quantitative estimate of drug-likeness (QED) is 0.450. The number of nitrogens with two attached hydrogens (primary N) is 1. The topological polar surface area (TPSA) is 144 Å². The zero-order valence-corrected chi connectivity index (χ0v) is 22.7. The van der Waals surface area contributed by atoms with Crippen molar-refractivity contribution >= 4 is 22.8 Å². The number of aryl methyl sites for hydroxylation is 1. The summed E-state index contributed by atoms with van der Waals surface area (Å²) in [5.74, 6) is 6.21. The molecule has 2 aliphatic rings. The summed E-state index contributed by atoms with van der Waals surface area (Å²) in [5.41, 5.74) is 6.50. The first-order valence-corrected chi connectivity index (χ1v) is 13.3. The molecule has 1 amide bonds. The van der Waals surface area contributed by atoms with Crippen LogP contribution in [0.25, 0.3) is 11.0 Å². The zero-order valence-electron chi connectivity index (χ0n) is 22.7. The first-order valence-electron chi connectivity index (χ1n) is 13.3. The van der Waals surface area contributed by atoms with Crippen molar-refractivity contribution in [3.8, 4) is 17.9 Å². The number of fused-ring (bicyclic) bond motifs is 1. The van der Waals surface area contributed by atoms with Gasteiger partial charge in [-0.1, -0.05) is 5.92 Å². The van der Waals surface area contributed by atoms with E-state index in [-0.39, 0.29) is 41.6 Å². The molecule has 5 heterocycles. The van der Waals surface area contributed by atoms with Crippen molar-refractivity contribution in [2.24, 2.45) is 12.8 Å². The molecule has 3 aromatic heterocycles. The van der Waals surface area contributed by atoms with Gasteiger partial charge in [0.05, 0.1) is 43.1 Å². The first kappa shape index (κ1) is 27.2. The fourth-order valence-electron chi connectivity index (χ4n) is 5.55. The van der Waals surface area contributed by atoms with Gasteiger partial charge in [-0.25, -0.2) is 4.79 Å². The molecule has 40 heavy (non-hydrogen) atoms. The summed E-state index contributed by atoms with van der Waals surface area (Å²) in [6.07, 6.45) is 3.20. The van der Waals surface area contributed by atoms with Crippen molar-refractivity contribution in [2.45, 2.75) is 38.9 Å². The molecule has 1 atom stereocenters. The predicted molar refractivity (Wildman–Crippen MR) is 149 cm³/mol. The lowest BCUT2D eigenvalue weighted by molar-refractivity contribution is 0.0304. The van der Waals surface area contributed by atoms with Gasteiger partial charge in [-0.05, 0) is 31.9 Å². The molecule has 0 aromatic carbocycles. The summed E-state index contributed by atoms with van der Waals surface area (Å²) in [4.78, 5) is 50.1. The molecule has 2 saturated heterocycles. The smallest absolute Gasteiger partial charge is 0.331 e. The van der Waals surface area contributed by atoms with Crippen LogP contribution in [-0.4, -0.2) is 74.9 Å². The highest BCUT2D eigenvalue weighted by Gasteiger charge is 2.35. The van der Waals surface area contributed by atoms with E-state index in [1.165, 1.54) is 10.8 Å². The third-order valence-corrected chi connectivity index (χ3v) is 7.51. The number of ether oxygens (including phenoxy) is 1. The van der Waals surface area contributed by atoms with E-state index in [1.54, 1.807) is 35.6 Å². The average molecular weight is 545 g/mol. The van der Waals surface area contributed by atoms with Crippen molar-refractivity contribution < 1.29 is 9.53 Å². The second-order valence-electron chi connectivity index (χ2n) is 10.0. The minimum Gasteiger partial charge on any atom is -0.378 e. The van der Waals surface area contributed by atoms with Crippen LogP contribution in [0.2, 0.25) is 0 Å². The van der Waals surface area contributed by atoms with Crippen LogP contribution < -0.4 is 21.9 Å². The molecule has 0 spiro atoms. The molecule has 5 rings (SSSR count). The largest absolute Gasteiger partial charge is 0.378 e. The van der Waals surface area contributed by atoms with Gasteiger partial charge in [0.1, 0.15) is 23.0 Å². The molecule has 2 fully saturated rings. The van der Waals surface area contributed by atoms with Gasteiger partial charge in [0.15, 0.2) is 0 Å². The number of amides is 1. The molecular formula is C28H32N8O4. The van der Waals surface area contributed by atoms with E-state index >= 15 is 0 Å². The number of hydrogen-bond donors (Lipinski definition) is 1. The van der Waals surface area contributed by atoms with Crippen LogP contribution >= 0.6 is 0 Å². The van der Waals surface area contributed by atoms with Crippen LogP contribution in [0.3, 0.4) is 0 Å². The summed E-state index contributed by atoms with van der Waals surface area (Å²) < 4.78 is 9.63. The van der Waals surface area contributed by atoms with E-state index < -0.39 is 11.2 Å². The van der Waals surface area contributed by atoms with E-state index in [1.807, 2.05) is 4.90 Å². The Morgan fingerprint density at radius 1 is 1.20 bits per heavy atom. The molecule has 0 aliphatic carbocycles. The van der Waals surface area contributed by atoms with Gasteiger partial charge in [-0.3, -0.25) is 23.7 Å². The van der Waals surface area contributed by atoms with Gasteiger partial charge in [-0.2, -0.15) is 5.26 Å². The predicted octanol–water partition coefficient (Wildman–Crippen LogP) is 0.240. The SMILES string of the molecule is CC#CCn1c(N2CCC[C@@H](N)C2)c(C(=O)N2CCOCC2)c2c1c(=O)n(Cc1ncccc1C#N)c(=O)n2C. The fourth-order valence-corrected chi connectivity index (χ4v) is 5.55. The van der Waals surface area contributed by atoms with Crippen LogP contribution in [0.4, 0.5) is 5.82 Å². The Morgan fingerprint density at radius 2 is 1.98 bits per heavy atom. The normalized spacial score (nSPS) is 17.4. The van der Waals surface area contributed by atoms with E-state index in [4.69, 9.17) is 10.5 Å². The molecule has 12 nitrogen and oxygen atoms in total. The molecule has 0 unspecified atom stereocenters. The van der Waals surface area contributed by atoms with Gasteiger partial charge in [-0.15, -0.1) is 5.92 Å². The molecule has 12 heteroatoms. The summed E-state index contributed by atoms with van der Waals surface area (Å²) in [6.45, 7) is 4.44. The number of piperidine rings is 1. The van der Waals surface area contributed by atoms with Gasteiger partial charge in [0.2, 0.25) is 0 Å². The maximum atomic E-state index is 14.2. The zero-order chi connectivity index (χ0) is 28.4. The number of nitrogens with zero attached hydrogens (tertiary/aromatic N) is 7. The maximum Gasteiger partial charge on any atom is 0.331 e. The monoisotopic (exact) mass is 544 g/mol. The van der Waals surface area contributed by atoms with Crippen LogP contribution in [-0.2, 0) is 24.9 Å². The fraction of sp³-hybridized carbons (Fsp3) is 0.464. The second-order valence-corrected chi connectivity index (χ2v) is 10.0. The van der Waals surface area contributed by atoms with Gasteiger partial charge in [0.25, 0.3) is 11.5 Å². The van der Waals surface area contributed by atoms with Crippen LogP contribution in [0.1, 0.15) is 41.4 Å². The number of morpholine rings is 1. The molecule has 3 aromatic rings. The van der Waals surface area contributed by atoms with E-state index in [2.05, 4.69) is 22.9 Å². The molecule has 208 valence electrons. The third-order valence-electron chi connectivity index (χ3n) is 7.51. The lowest BCUT2D eigenvalue weighted by atomic mass is 10.1. The number of hydrogen-bond acceptors (Lipinski definition) is 8. The third kappa shape index (κ3) is 4.76. The Bertz CT molecular complexity index is 1680. The molecule has 0 saturated carbocycles. The minimum absolute atomic E-state index is 0.0992. The Morgan fingerprint density at radius 3 is 2.67 bits per heavy atom. The standard InChI is InChI=1S/C28H32N8O4/c1-3-4-11-35-24-23(32(2)28(39)36(27(24)38)18-21-19(16-29)7-5-9-31-21)22(26(37)33-12-14-40-15-13-33)25(35)34-10-6-8-20(30)17-34/h5,7,9,20H,6,8,10-15,17-18,30H2,1-2H3/t20-/m1/s1. The number of aromatic nitrogens is 4. The Labute approximate surface area is 231 Å². The number of rotatable bonds is 5. The molecule has 2 aliphatic heterocycles. The van der Waals surface area contributed by atoms with Gasteiger partial charge in [0, 0.05) is 45.5 Å². The number of pyridine rings is 1. The van der Waals surface area contributed by atoms with E-state index in [0.717, 1.165) is 17.4 Å². The Balaban J connectivity index is 1.83. The first-order chi connectivity index (χ1) is 19.4. The highest BCUT2D eigenvalue weighted by atomic mass is 16.5. The van der Waals surface area contributed by atoms with Crippen LogP contribution in [0, 0.1) is 23.2 Å². The number of nitriles is 1. The number of carbonyl (C=O) groups is 1. The molecular weight excluding hydrogens is 512 g/mol. The van der Waals surface area contributed by atoms with Crippen molar-refractivity contribution in [1.29, 1.82) is 5.26 Å². The van der Waals surface area contributed by atoms with Crippen molar-refractivity contribution in [3.05, 3.63) is 56.0 Å². The van der Waals surface area contributed by atoms with Crippen molar-refractivity contribution in [3.63, 3.8) is 0 Å². The highest BCUT2D eigenvalue weighted by Crippen LogP contribution is 2.34. The van der Waals surface area contributed by atoms with Crippen LogP contribution in [0.5, 0.6) is 0 Å². The molecule has 0 bridgehead atoms. The summed E-state index contributed by atoms with van der Waals surface area (Å²) in [5, 5.41) is 9.55. The summed E-state index contributed by atoms with van der Waals surface area (Å²) in [7, 11) is 1.56. The number of carbonyl (C=O) groups excluding carboxylic acids is 1.